The van der Waals surface area contributed by atoms with Crippen LogP contribution in [0.1, 0.15) is 16.7 Å². The molecular formula is C23H23F3IN3O2S. The molecule has 1 atom stereocenters. The summed E-state index contributed by atoms with van der Waals surface area (Å²) in [6.07, 6.45) is -0.445. The number of thiophene rings is 1. The van der Waals surface area contributed by atoms with Gasteiger partial charge >= 0.3 is 0 Å². The predicted molar refractivity (Wildman–Crippen MR) is 131 cm³/mol. The lowest BCUT2D eigenvalue weighted by molar-refractivity contribution is -0.160. The lowest BCUT2D eigenvalue weighted by atomic mass is 9.92. The van der Waals surface area contributed by atoms with E-state index < -0.39 is 29.3 Å². The summed E-state index contributed by atoms with van der Waals surface area (Å²) in [5.41, 5.74) is -1.36. The van der Waals surface area contributed by atoms with Crippen LogP contribution in [0.5, 0.6) is 0 Å². The van der Waals surface area contributed by atoms with Crippen molar-refractivity contribution in [2.24, 2.45) is 0 Å². The minimum Gasteiger partial charge on any atom is -0.386 e. The number of hydrogen-bond donors (Lipinski definition) is 4. The lowest BCUT2D eigenvalue weighted by Crippen LogP contribution is -2.66. The van der Waals surface area contributed by atoms with E-state index in [4.69, 9.17) is 0 Å². The second-order valence-electron chi connectivity index (χ2n) is 8.08. The number of hydrogen-bond acceptors (Lipinski definition) is 6. The Bertz CT molecular complexity index is 1110. The third-order valence-corrected chi connectivity index (χ3v) is 7.13. The second kappa shape index (κ2) is 10.3. The molecule has 2 aromatic carbocycles. The van der Waals surface area contributed by atoms with Crippen molar-refractivity contribution in [3.63, 3.8) is 0 Å². The number of anilines is 2. The van der Waals surface area contributed by atoms with E-state index in [-0.39, 0.29) is 30.0 Å². The molecule has 0 amide bonds. The highest BCUT2D eigenvalue weighted by molar-refractivity contribution is 14.1. The summed E-state index contributed by atoms with van der Waals surface area (Å²) >= 11 is 3.62. The molecule has 2 heterocycles. The first-order valence-corrected chi connectivity index (χ1v) is 12.3. The number of nitrogens with zero attached hydrogens (tertiary/aromatic N) is 1. The van der Waals surface area contributed by atoms with Crippen LogP contribution < -0.4 is 10.6 Å². The normalized spacial score (nSPS) is 16.4. The first-order chi connectivity index (χ1) is 15.8. The van der Waals surface area contributed by atoms with Gasteiger partial charge in [-0.15, -0.1) is 11.3 Å². The fraction of sp³-hybridized carbons (Fsp3) is 0.304. The van der Waals surface area contributed by atoms with Crippen molar-refractivity contribution in [2.75, 3.05) is 31.5 Å². The van der Waals surface area contributed by atoms with Gasteiger partial charge in [0.25, 0.3) is 0 Å². The van der Waals surface area contributed by atoms with Crippen molar-refractivity contribution in [3.8, 4) is 0 Å². The molecule has 10 heteroatoms. The standard InChI is InChI=1S/C23H23F3IN3O2S/c24-17-5-4-16(21(20(17)26)29-19-6-3-14(27)10-18(19)25)22(31)30-12-23(32,13-30)11-28-8-7-15-2-1-9-33-15/h1-6,9-10,22,28-29,31-32H,7-8,11-13H2. The van der Waals surface area contributed by atoms with E-state index >= 15 is 0 Å². The Morgan fingerprint density at radius 1 is 1.12 bits per heavy atom. The van der Waals surface area contributed by atoms with E-state index in [9.17, 15) is 23.4 Å². The van der Waals surface area contributed by atoms with Crippen molar-refractivity contribution >= 4 is 45.3 Å². The molecule has 0 saturated carbocycles. The molecule has 3 aromatic rings. The molecule has 0 radical (unpaired) electrons. The average molecular weight is 589 g/mol. The zero-order valence-corrected chi connectivity index (χ0v) is 20.5. The molecule has 1 aromatic heterocycles. The first kappa shape index (κ1) is 24.4. The van der Waals surface area contributed by atoms with Gasteiger partial charge in [-0.25, -0.2) is 13.2 Å². The van der Waals surface area contributed by atoms with Gasteiger partial charge in [0, 0.05) is 40.2 Å². The maximum atomic E-state index is 14.6. The summed E-state index contributed by atoms with van der Waals surface area (Å²) in [6.45, 7) is 1.36. The Morgan fingerprint density at radius 2 is 1.91 bits per heavy atom. The van der Waals surface area contributed by atoms with Gasteiger partial charge < -0.3 is 20.8 Å². The van der Waals surface area contributed by atoms with Gasteiger partial charge in [0.1, 0.15) is 17.6 Å². The minimum absolute atomic E-state index is 0.0385. The molecule has 33 heavy (non-hydrogen) atoms. The van der Waals surface area contributed by atoms with Gasteiger partial charge in [-0.2, -0.15) is 0 Å². The number of likely N-dealkylation sites (tertiary alicyclic amines) is 1. The Balaban J connectivity index is 1.41. The molecular weight excluding hydrogens is 566 g/mol. The number of aliphatic hydroxyl groups is 2. The van der Waals surface area contributed by atoms with Crippen LogP contribution in [0.2, 0.25) is 0 Å². The molecule has 1 fully saturated rings. The Morgan fingerprint density at radius 3 is 2.61 bits per heavy atom. The van der Waals surface area contributed by atoms with Crippen LogP contribution in [-0.4, -0.2) is 46.9 Å². The zero-order valence-electron chi connectivity index (χ0n) is 17.5. The largest absolute Gasteiger partial charge is 0.386 e. The topological polar surface area (TPSA) is 67.8 Å². The highest BCUT2D eigenvalue weighted by Gasteiger charge is 2.44. The SMILES string of the molecule is OC(c1ccc(F)c(F)c1Nc1ccc(I)cc1F)N1CC(O)(CNCCc2cccs2)C1. The van der Waals surface area contributed by atoms with Gasteiger partial charge in [-0.3, -0.25) is 4.90 Å². The van der Waals surface area contributed by atoms with E-state index in [1.165, 1.54) is 23.1 Å². The Kier molecular flexibility index (Phi) is 7.61. The summed E-state index contributed by atoms with van der Waals surface area (Å²) in [6, 6.07) is 10.5. The van der Waals surface area contributed by atoms with E-state index in [0.29, 0.717) is 16.7 Å². The van der Waals surface area contributed by atoms with E-state index in [1.54, 1.807) is 22.3 Å². The summed E-state index contributed by atoms with van der Waals surface area (Å²) in [4.78, 5) is 2.80. The molecule has 4 N–H and O–H groups in total. The van der Waals surface area contributed by atoms with Crippen LogP contribution in [0.4, 0.5) is 24.5 Å². The summed E-state index contributed by atoms with van der Waals surface area (Å²) in [7, 11) is 0. The molecule has 4 rings (SSSR count). The van der Waals surface area contributed by atoms with Gasteiger partial charge in [-0.1, -0.05) is 6.07 Å². The van der Waals surface area contributed by atoms with Crippen LogP contribution in [0.25, 0.3) is 0 Å². The van der Waals surface area contributed by atoms with Gasteiger partial charge in [-0.05, 0) is 70.8 Å². The maximum Gasteiger partial charge on any atom is 0.182 e. The van der Waals surface area contributed by atoms with Crippen molar-refractivity contribution in [1.29, 1.82) is 0 Å². The van der Waals surface area contributed by atoms with Crippen molar-refractivity contribution in [1.82, 2.24) is 10.2 Å². The molecule has 1 aliphatic heterocycles. The third kappa shape index (κ3) is 5.69. The monoisotopic (exact) mass is 589 g/mol. The number of halogens is 4. The molecule has 176 valence electrons. The van der Waals surface area contributed by atoms with Crippen LogP contribution >= 0.6 is 33.9 Å². The number of aliphatic hydroxyl groups excluding tert-OH is 1. The molecule has 5 nitrogen and oxygen atoms in total. The molecule has 0 bridgehead atoms. The quantitative estimate of drug-likeness (QED) is 0.221. The van der Waals surface area contributed by atoms with E-state index in [0.717, 1.165) is 12.5 Å². The van der Waals surface area contributed by atoms with Gasteiger partial charge in [0.2, 0.25) is 0 Å². The fourth-order valence-electron chi connectivity index (χ4n) is 3.81. The molecule has 1 unspecified atom stereocenters. The van der Waals surface area contributed by atoms with E-state index in [1.807, 2.05) is 34.0 Å². The lowest BCUT2D eigenvalue weighted by Gasteiger charge is -2.49. The fourth-order valence-corrected chi connectivity index (χ4v) is 4.97. The van der Waals surface area contributed by atoms with Crippen molar-refractivity contribution in [3.05, 3.63) is 79.3 Å². The molecule has 1 aliphatic rings. The Labute approximate surface area is 207 Å². The predicted octanol–water partition coefficient (Wildman–Crippen LogP) is 4.38. The number of β-amino-alcohol motifs (C(OH)–C–C–N with tert-alkyl or cyclic N) is 1. The maximum absolute atomic E-state index is 14.6. The zero-order chi connectivity index (χ0) is 23.6. The van der Waals surface area contributed by atoms with Crippen LogP contribution in [0.15, 0.2) is 47.8 Å². The van der Waals surface area contributed by atoms with E-state index in [2.05, 4.69) is 16.7 Å². The highest BCUT2D eigenvalue weighted by atomic mass is 127. The smallest absolute Gasteiger partial charge is 0.182 e. The van der Waals surface area contributed by atoms with Crippen molar-refractivity contribution in [2.45, 2.75) is 18.2 Å². The minimum atomic E-state index is -1.30. The number of rotatable bonds is 9. The highest BCUT2D eigenvalue weighted by Crippen LogP contribution is 2.36. The van der Waals surface area contributed by atoms with Crippen LogP contribution in [0, 0.1) is 21.0 Å². The molecule has 1 saturated heterocycles. The summed E-state index contributed by atoms with van der Waals surface area (Å²) < 4.78 is 43.5. The summed E-state index contributed by atoms with van der Waals surface area (Å²) in [5.74, 6) is -2.96. The average Bonchev–Trinajstić information content (AvgIpc) is 3.27. The van der Waals surface area contributed by atoms with Gasteiger partial charge in [0.15, 0.2) is 11.6 Å². The first-order valence-electron chi connectivity index (χ1n) is 10.3. The van der Waals surface area contributed by atoms with Gasteiger partial charge in [0.05, 0.1) is 11.4 Å². The van der Waals surface area contributed by atoms with Crippen molar-refractivity contribution < 1.29 is 23.4 Å². The van der Waals surface area contributed by atoms with Crippen LogP contribution in [0.3, 0.4) is 0 Å². The van der Waals surface area contributed by atoms with Crippen LogP contribution in [-0.2, 0) is 6.42 Å². The number of benzene rings is 2. The summed E-state index contributed by atoms with van der Waals surface area (Å²) in [5, 5.41) is 29.3. The number of nitrogens with one attached hydrogen (secondary N) is 2. The molecule has 0 aliphatic carbocycles. The molecule has 0 spiro atoms. The third-order valence-electron chi connectivity index (χ3n) is 5.52. The Hall–Kier alpha value is -1.70. The second-order valence-corrected chi connectivity index (χ2v) is 10.4.